The van der Waals surface area contributed by atoms with Gasteiger partial charge in [0, 0.05) is 18.3 Å². The molecule has 1 aliphatic heterocycles. The molecule has 1 aliphatic rings. The largest absolute Gasteiger partial charge is 0.331 e. The van der Waals surface area contributed by atoms with Crippen molar-refractivity contribution in [1.82, 2.24) is 5.43 Å². The fourth-order valence-corrected chi connectivity index (χ4v) is 3.56. The summed E-state index contributed by atoms with van der Waals surface area (Å²) in [5.74, 6) is 0.0901. The van der Waals surface area contributed by atoms with E-state index in [2.05, 4.69) is 29.7 Å². The van der Waals surface area contributed by atoms with Gasteiger partial charge >= 0.3 is 0 Å². The van der Waals surface area contributed by atoms with Crippen LogP contribution in [0.3, 0.4) is 0 Å². The van der Waals surface area contributed by atoms with Crippen molar-refractivity contribution in [2.24, 2.45) is 10.2 Å². The lowest BCUT2D eigenvalue weighted by Gasteiger charge is -2.10. The first-order valence-corrected chi connectivity index (χ1v) is 10.7. The lowest BCUT2D eigenvalue weighted by molar-refractivity contribution is -0.111. The van der Waals surface area contributed by atoms with Gasteiger partial charge in [0.1, 0.15) is 0 Å². The van der Waals surface area contributed by atoms with Crippen LogP contribution in [0.15, 0.2) is 52.5 Å². The van der Waals surface area contributed by atoms with Crippen molar-refractivity contribution < 1.29 is 13.2 Å². The smallest absolute Gasteiger partial charge is 0.279 e. The number of amides is 1. The second kappa shape index (κ2) is 7.90. The first-order chi connectivity index (χ1) is 13.6. The number of sulfonamides is 1. The predicted octanol–water partition coefficient (Wildman–Crippen LogP) is 2.12. The molecule has 0 spiro atoms. The van der Waals surface area contributed by atoms with Crippen LogP contribution in [0.25, 0.3) is 0 Å². The molecule has 4 N–H and O–H groups in total. The molecule has 0 aromatic heterocycles. The summed E-state index contributed by atoms with van der Waals surface area (Å²) in [7, 11) is -2.06. The Labute approximate surface area is 174 Å². The quantitative estimate of drug-likeness (QED) is 0.504. The van der Waals surface area contributed by atoms with Crippen LogP contribution in [0, 0.1) is 0 Å². The summed E-state index contributed by atoms with van der Waals surface area (Å²) >= 11 is 5.21. The second-order valence-electron chi connectivity index (χ2n) is 6.89. The number of carbonyl (C=O) groups is 1. The Morgan fingerprint density at radius 3 is 2.41 bits per heavy atom. The average Bonchev–Trinajstić information content (AvgIpc) is 2.89. The number of thiocarbonyl (C=S) groups is 1. The summed E-state index contributed by atoms with van der Waals surface area (Å²) in [6.45, 7) is 4.16. The van der Waals surface area contributed by atoms with Crippen LogP contribution in [-0.2, 0) is 14.8 Å². The summed E-state index contributed by atoms with van der Waals surface area (Å²) in [6.07, 6.45) is 0. The summed E-state index contributed by atoms with van der Waals surface area (Å²) in [5.41, 5.74) is 6.14. The number of fused-ring (bicyclic) bond motifs is 1. The number of hydrogen-bond acceptors (Lipinski definition) is 5. The van der Waals surface area contributed by atoms with E-state index in [-0.39, 0.29) is 21.6 Å². The highest BCUT2D eigenvalue weighted by atomic mass is 32.2. The number of rotatable bonds is 4. The third-order valence-electron chi connectivity index (χ3n) is 4.52. The van der Waals surface area contributed by atoms with Gasteiger partial charge in [-0.3, -0.25) is 10.2 Å². The molecule has 0 unspecified atom stereocenters. The van der Waals surface area contributed by atoms with E-state index in [0.29, 0.717) is 11.6 Å². The molecule has 0 aliphatic carbocycles. The Morgan fingerprint density at radius 2 is 1.83 bits per heavy atom. The van der Waals surface area contributed by atoms with E-state index in [0.717, 1.165) is 16.8 Å². The molecule has 0 bridgehead atoms. The zero-order valence-electron chi connectivity index (χ0n) is 16.1. The van der Waals surface area contributed by atoms with E-state index < -0.39 is 10.0 Å². The van der Waals surface area contributed by atoms with E-state index in [1.54, 1.807) is 11.9 Å². The molecule has 1 heterocycles. The normalized spacial score (nSPS) is 15.0. The van der Waals surface area contributed by atoms with Gasteiger partial charge in [0.2, 0.25) is 10.0 Å². The molecule has 2 aromatic rings. The van der Waals surface area contributed by atoms with Crippen LogP contribution >= 0.6 is 12.2 Å². The van der Waals surface area contributed by atoms with Crippen molar-refractivity contribution in [3.63, 3.8) is 0 Å². The SMILES string of the molecule is CC(C)c1ccc2c(c1)C(=NNC(=S)Nc1ccc(S(N)(=O)=O)cc1)C(=O)N2C. The molecule has 2 aromatic carbocycles. The summed E-state index contributed by atoms with van der Waals surface area (Å²) in [5, 5.41) is 12.3. The Hall–Kier alpha value is -2.82. The minimum Gasteiger partial charge on any atom is -0.331 e. The number of nitrogens with one attached hydrogen (secondary N) is 2. The maximum atomic E-state index is 12.6. The highest BCUT2D eigenvalue weighted by molar-refractivity contribution is 7.89. The third-order valence-corrected chi connectivity index (χ3v) is 5.64. The number of nitrogens with zero attached hydrogens (tertiary/aromatic N) is 2. The molecule has 8 nitrogen and oxygen atoms in total. The van der Waals surface area contributed by atoms with Crippen molar-refractivity contribution in [3.8, 4) is 0 Å². The summed E-state index contributed by atoms with van der Waals surface area (Å²) in [6, 6.07) is 11.7. The number of primary sulfonamides is 1. The van der Waals surface area contributed by atoms with Crippen LogP contribution in [0.4, 0.5) is 11.4 Å². The van der Waals surface area contributed by atoms with Gasteiger partial charge in [-0.1, -0.05) is 19.9 Å². The number of benzene rings is 2. The first-order valence-electron chi connectivity index (χ1n) is 8.78. The molecule has 3 rings (SSSR count). The number of anilines is 2. The fraction of sp³-hybridized carbons (Fsp3) is 0.211. The fourth-order valence-electron chi connectivity index (χ4n) is 2.88. The summed E-state index contributed by atoms with van der Waals surface area (Å²) < 4.78 is 22.6. The highest BCUT2D eigenvalue weighted by Crippen LogP contribution is 2.31. The van der Waals surface area contributed by atoms with Gasteiger partial charge in [-0.25, -0.2) is 13.6 Å². The van der Waals surface area contributed by atoms with Gasteiger partial charge in [-0.2, -0.15) is 5.10 Å². The van der Waals surface area contributed by atoms with Gasteiger partial charge in [0.05, 0.1) is 10.6 Å². The Morgan fingerprint density at radius 1 is 1.17 bits per heavy atom. The van der Waals surface area contributed by atoms with Gasteiger partial charge in [0.25, 0.3) is 5.91 Å². The number of nitrogens with two attached hydrogens (primary N) is 1. The second-order valence-corrected chi connectivity index (χ2v) is 8.86. The standard InChI is InChI=1S/C19H21N5O3S2/c1-11(2)12-4-9-16-15(10-12)17(18(25)24(16)3)22-23-19(28)21-13-5-7-14(8-6-13)29(20,26)27/h4-11H,1-3H3,(H2,20,26,27)(H2,21,23,28). The maximum Gasteiger partial charge on any atom is 0.279 e. The number of hydrazone groups is 1. The van der Waals surface area contributed by atoms with Gasteiger partial charge in [-0.05, 0) is 60.1 Å². The van der Waals surface area contributed by atoms with Crippen LogP contribution in [0.1, 0.15) is 30.9 Å². The van der Waals surface area contributed by atoms with Crippen LogP contribution in [0.5, 0.6) is 0 Å². The van der Waals surface area contributed by atoms with Gasteiger partial charge in [-0.15, -0.1) is 0 Å². The number of carbonyl (C=O) groups excluding carboxylic acids is 1. The van der Waals surface area contributed by atoms with Crippen molar-refractivity contribution in [1.29, 1.82) is 0 Å². The van der Waals surface area contributed by atoms with E-state index in [4.69, 9.17) is 17.4 Å². The molecule has 0 fully saturated rings. The number of likely N-dealkylation sites (N-methyl/N-ethyl adjacent to an activating group) is 1. The van der Waals surface area contributed by atoms with Crippen molar-refractivity contribution in [2.45, 2.75) is 24.7 Å². The van der Waals surface area contributed by atoms with E-state index in [1.807, 2.05) is 18.2 Å². The molecule has 0 atom stereocenters. The van der Waals surface area contributed by atoms with Crippen LogP contribution in [0.2, 0.25) is 0 Å². The minimum atomic E-state index is -3.76. The lowest BCUT2D eigenvalue weighted by Crippen LogP contribution is -2.30. The lowest BCUT2D eigenvalue weighted by atomic mass is 9.99. The molecule has 152 valence electrons. The van der Waals surface area contributed by atoms with Crippen molar-refractivity contribution in [2.75, 3.05) is 17.3 Å². The Kier molecular flexibility index (Phi) is 5.69. The van der Waals surface area contributed by atoms with Crippen LogP contribution in [-0.4, -0.2) is 32.2 Å². The Balaban J connectivity index is 1.77. The molecule has 0 saturated heterocycles. The molecule has 10 heteroatoms. The maximum absolute atomic E-state index is 12.6. The van der Waals surface area contributed by atoms with Gasteiger partial charge < -0.3 is 10.2 Å². The van der Waals surface area contributed by atoms with Crippen molar-refractivity contribution >= 4 is 50.3 Å². The molecular formula is C19H21N5O3S2. The molecular weight excluding hydrogens is 410 g/mol. The Bertz CT molecular complexity index is 1110. The zero-order chi connectivity index (χ0) is 21.3. The number of hydrogen-bond donors (Lipinski definition) is 3. The monoisotopic (exact) mass is 431 g/mol. The average molecular weight is 432 g/mol. The molecule has 1 amide bonds. The van der Waals surface area contributed by atoms with E-state index >= 15 is 0 Å². The molecule has 29 heavy (non-hydrogen) atoms. The predicted molar refractivity (Wildman–Crippen MR) is 118 cm³/mol. The van der Waals surface area contributed by atoms with Crippen molar-refractivity contribution in [3.05, 3.63) is 53.6 Å². The minimum absolute atomic E-state index is 0.000626. The topological polar surface area (TPSA) is 117 Å². The molecule has 0 saturated carbocycles. The molecule has 0 radical (unpaired) electrons. The van der Waals surface area contributed by atoms with E-state index in [1.165, 1.54) is 24.3 Å². The zero-order valence-corrected chi connectivity index (χ0v) is 17.8. The summed E-state index contributed by atoms with van der Waals surface area (Å²) in [4.78, 5) is 14.1. The van der Waals surface area contributed by atoms with Gasteiger partial charge in [0.15, 0.2) is 10.8 Å². The highest BCUT2D eigenvalue weighted by Gasteiger charge is 2.32. The third kappa shape index (κ3) is 4.44. The van der Waals surface area contributed by atoms with Crippen LogP contribution < -0.4 is 20.8 Å². The first kappa shape index (κ1) is 20.9. The van der Waals surface area contributed by atoms with E-state index in [9.17, 15) is 13.2 Å².